The number of amides is 1. The van der Waals surface area contributed by atoms with Crippen molar-refractivity contribution in [3.8, 4) is 0 Å². The van der Waals surface area contributed by atoms with Gasteiger partial charge >= 0.3 is 6.09 Å². The topological polar surface area (TPSA) is 55.4 Å². The Balaban J connectivity index is 2.38. The first-order valence-electron chi connectivity index (χ1n) is 4.58. The highest BCUT2D eigenvalue weighted by Crippen LogP contribution is 2.09. The van der Waals surface area contributed by atoms with Crippen molar-refractivity contribution in [1.82, 2.24) is 5.32 Å². The van der Waals surface area contributed by atoms with Crippen LogP contribution in [0.25, 0.3) is 0 Å². The van der Waals surface area contributed by atoms with Crippen LogP contribution in [0.3, 0.4) is 0 Å². The average molecular weight is 197 g/mol. The third-order valence-electron chi connectivity index (χ3n) is 1.69. The van der Waals surface area contributed by atoms with Gasteiger partial charge in [0.05, 0.1) is 6.04 Å². The first kappa shape index (κ1) is 10.8. The van der Waals surface area contributed by atoms with E-state index in [0.29, 0.717) is 6.42 Å². The summed E-state index contributed by atoms with van der Waals surface area (Å²) >= 11 is 0. The first-order chi connectivity index (χ1) is 6.38. The molecule has 4 nitrogen and oxygen atoms in total. The lowest BCUT2D eigenvalue weighted by Gasteiger charge is -2.21. The van der Waals surface area contributed by atoms with E-state index in [2.05, 4.69) is 5.32 Å². The van der Waals surface area contributed by atoms with Crippen LogP contribution in [0.4, 0.5) is 4.79 Å². The molecule has 0 fully saturated rings. The van der Waals surface area contributed by atoms with E-state index in [1.165, 1.54) is 6.08 Å². The maximum absolute atomic E-state index is 11.2. The fraction of sp³-hybridized carbons (Fsp3) is 0.600. The Morgan fingerprint density at radius 1 is 1.57 bits per heavy atom. The zero-order valence-electron chi connectivity index (χ0n) is 8.66. The lowest BCUT2D eigenvalue weighted by atomic mass is 10.2. The van der Waals surface area contributed by atoms with Gasteiger partial charge in [-0.3, -0.25) is 4.79 Å². The Labute approximate surface area is 83.3 Å². The number of nitrogens with one attached hydrogen (secondary N) is 1. The molecule has 0 aromatic carbocycles. The highest BCUT2D eigenvalue weighted by atomic mass is 16.6. The zero-order valence-corrected chi connectivity index (χ0v) is 8.66. The van der Waals surface area contributed by atoms with Gasteiger partial charge in [-0.25, -0.2) is 4.79 Å². The van der Waals surface area contributed by atoms with Crippen LogP contribution in [0, 0.1) is 0 Å². The van der Waals surface area contributed by atoms with Crippen molar-refractivity contribution in [2.45, 2.75) is 38.8 Å². The quantitative estimate of drug-likeness (QED) is 0.691. The van der Waals surface area contributed by atoms with Gasteiger partial charge in [0.25, 0.3) is 0 Å². The minimum Gasteiger partial charge on any atom is -0.444 e. The minimum absolute atomic E-state index is 0.0733. The molecule has 0 unspecified atom stereocenters. The van der Waals surface area contributed by atoms with Crippen molar-refractivity contribution in [1.29, 1.82) is 0 Å². The monoisotopic (exact) mass is 197 g/mol. The van der Waals surface area contributed by atoms with E-state index in [-0.39, 0.29) is 5.78 Å². The predicted octanol–water partition coefficient (Wildman–Crippen LogP) is 1.41. The van der Waals surface area contributed by atoms with E-state index in [4.69, 9.17) is 4.74 Å². The molecule has 0 bridgehead atoms. The number of carbonyl (C=O) groups is 2. The van der Waals surface area contributed by atoms with Gasteiger partial charge in [-0.05, 0) is 33.3 Å². The van der Waals surface area contributed by atoms with Crippen molar-refractivity contribution < 1.29 is 14.3 Å². The van der Waals surface area contributed by atoms with Crippen molar-refractivity contribution in [2.75, 3.05) is 0 Å². The molecule has 0 aliphatic heterocycles. The summed E-state index contributed by atoms with van der Waals surface area (Å²) in [5.41, 5.74) is -0.529. The summed E-state index contributed by atoms with van der Waals surface area (Å²) in [4.78, 5) is 22.4. The number of alkyl carbamates (subject to hydrolysis) is 1. The maximum atomic E-state index is 11.2. The summed E-state index contributed by atoms with van der Waals surface area (Å²) in [5, 5.41) is 2.51. The number of ether oxygens (including phenoxy) is 1. The molecule has 1 atom stereocenters. The molecule has 4 heteroatoms. The summed E-state index contributed by atoms with van der Waals surface area (Å²) < 4.78 is 5.02. The summed E-state index contributed by atoms with van der Waals surface area (Å²) in [7, 11) is 0. The second kappa shape index (κ2) is 3.82. The molecule has 14 heavy (non-hydrogen) atoms. The van der Waals surface area contributed by atoms with Gasteiger partial charge in [0.15, 0.2) is 5.78 Å². The minimum atomic E-state index is -0.542. The Bertz CT molecular complexity index is 276. The fourth-order valence-corrected chi connectivity index (χ4v) is 1.13. The van der Waals surface area contributed by atoms with Crippen LogP contribution in [-0.4, -0.2) is 23.5 Å². The average Bonchev–Trinajstić information content (AvgIpc) is 2.32. The first-order valence-corrected chi connectivity index (χ1v) is 4.58. The molecule has 0 spiro atoms. The van der Waals surface area contributed by atoms with Crippen molar-refractivity contribution in [3.63, 3.8) is 0 Å². The van der Waals surface area contributed by atoms with Gasteiger partial charge in [0.1, 0.15) is 5.60 Å². The van der Waals surface area contributed by atoms with E-state index in [1.54, 1.807) is 26.8 Å². The normalized spacial score (nSPS) is 21.1. The van der Waals surface area contributed by atoms with Crippen molar-refractivity contribution >= 4 is 11.9 Å². The number of ketones is 1. The van der Waals surface area contributed by atoms with E-state index < -0.39 is 17.7 Å². The van der Waals surface area contributed by atoms with E-state index in [9.17, 15) is 9.59 Å². The van der Waals surface area contributed by atoms with Gasteiger partial charge in [0, 0.05) is 0 Å². The zero-order chi connectivity index (χ0) is 10.8. The third kappa shape index (κ3) is 3.20. The van der Waals surface area contributed by atoms with Crippen LogP contribution >= 0.6 is 0 Å². The van der Waals surface area contributed by atoms with Crippen LogP contribution in [0.1, 0.15) is 27.2 Å². The maximum Gasteiger partial charge on any atom is 0.408 e. The molecule has 0 heterocycles. The molecular weight excluding hydrogens is 182 g/mol. The summed E-state index contributed by atoms with van der Waals surface area (Å²) in [6.45, 7) is 5.34. The van der Waals surface area contributed by atoms with Crippen LogP contribution < -0.4 is 5.32 Å². The molecule has 1 rings (SSSR count). The van der Waals surface area contributed by atoms with Crippen LogP contribution in [0.2, 0.25) is 0 Å². The van der Waals surface area contributed by atoms with Gasteiger partial charge in [-0.2, -0.15) is 0 Å². The van der Waals surface area contributed by atoms with E-state index >= 15 is 0 Å². The molecule has 1 amide bonds. The molecule has 0 radical (unpaired) electrons. The second-order valence-electron chi connectivity index (χ2n) is 4.24. The Hall–Kier alpha value is -1.32. The Morgan fingerprint density at radius 3 is 2.64 bits per heavy atom. The van der Waals surface area contributed by atoms with E-state index in [1.807, 2.05) is 0 Å². The van der Waals surface area contributed by atoms with Crippen LogP contribution in [-0.2, 0) is 9.53 Å². The Kier molecular flexibility index (Phi) is 2.93. The number of rotatable bonds is 1. The largest absolute Gasteiger partial charge is 0.444 e. The van der Waals surface area contributed by atoms with Gasteiger partial charge in [0.2, 0.25) is 0 Å². The molecule has 1 aliphatic rings. The smallest absolute Gasteiger partial charge is 0.408 e. The van der Waals surface area contributed by atoms with Gasteiger partial charge in [-0.1, -0.05) is 6.08 Å². The molecular formula is C10H15NO3. The molecule has 0 saturated heterocycles. The lowest BCUT2D eigenvalue weighted by molar-refractivity contribution is -0.115. The highest BCUT2D eigenvalue weighted by Gasteiger charge is 2.24. The summed E-state index contributed by atoms with van der Waals surface area (Å²) in [6.07, 6.45) is 3.23. The SMILES string of the molecule is CC(C)(C)OC(=O)N[C@@H]1CC=CC1=O. The van der Waals surface area contributed by atoms with Gasteiger partial charge < -0.3 is 10.1 Å². The standard InChI is InChI=1S/C10H15NO3/c1-10(2,3)14-9(13)11-7-5-4-6-8(7)12/h4,6-7H,5H2,1-3H3,(H,11,13)/t7-/m1/s1. The lowest BCUT2D eigenvalue weighted by Crippen LogP contribution is -2.41. The Morgan fingerprint density at radius 2 is 2.21 bits per heavy atom. The predicted molar refractivity (Wildman–Crippen MR) is 51.9 cm³/mol. The highest BCUT2D eigenvalue weighted by molar-refractivity contribution is 5.98. The summed E-state index contributed by atoms with van der Waals surface area (Å²) in [6, 6.07) is -0.440. The van der Waals surface area contributed by atoms with Crippen LogP contribution in [0.15, 0.2) is 12.2 Å². The molecule has 0 aromatic heterocycles. The molecule has 1 aliphatic carbocycles. The molecule has 0 saturated carbocycles. The number of hydrogen-bond acceptors (Lipinski definition) is 3. The second-order valence-corrected chi connectivity index (χ2v) is 4.24. The van der Waals surface area contributed by atoms with E-state index in [0.717, 1.165) is 0 Å². The van der Waals surface area contributed by atoms with Gasteiger partial charge in [-0.15, -0.1) is 0 Å². The molecule has 78 valence electrons. The van der Waals surface area contributed by atoms with Crippen molar-refractivity contribution in [3.05, 3.63) is 12.2 Å². The molecule has 1 N–H and O–H groups in total. The van der Waals surface area contributed by atoms with Crippen LogP contribution in [0.5, 0.6) is 0 Å². The number of carbonyl (C=O) groups excluding carboxylic acids is 2. The molecule has 0 aromatic rings. The fourth-order valence-electron chi connectivity index (χ4n) is 1.13. The third-order valence-corrected chi connectivity index (χ3v) is 1.69. The summed E-state index contributed by atoms with van der Waals surface area (Å²) in [5.74, 6) is -0.0733. The van der Waals surface area contributed by atoms with Crippen molar-refractivity contribution in [2.24, 2.45) is 0 Å². The number of hydrogen-bond donors (Lipinski definition) is 1.